The van der Waals surface area contributed by atoms with Crippen LogP contribution >= 0.6 is 0 Å². The van der Waals surface area contributed by atoms with E-state index in [9.17, 15) is 14.7 Å². The van der Waals surface area contributed by atoms with Gasteiger partial charge in [-0.25, -0.2) is 0 Å². The largest absolute Gasteiger partial charge is 0.480 e. The van der Waals surface area contributed by atoms with Crippen LogP contribution in [-0.2, 0) is 9.59 Å². The molecule has 1 unspecified atom stereocenters. The molecule has 0 saturated heterocycles. The Morgan fingerprint density at radius 2 is 1.95 bits per heavy atom. The quantitative estimate of drug-likeness (QED) is 0.468. The summed E-state index contributed by atoms with van der Waals surface area (Å²) in [4.78, 5) is 23.9. The van der Waals surface area contributed by atoms with Gasteiger partial charge in [-0.15, -0.1) is 0 Å². The van der Waals surface area contributed by atoms with E-state index in [0.717, 1.165) is 19.3 Å². The zero-order chi connectivity index (χ0) is 16.1. The number of aliphatic carboxylic acids is 1. The van der Waals surface area contributed by atoms with Crippen molar-refractivity contribution < 1.29 is 19.8 Å². The number of carbonyl (C=O) groups excluding carboxylic acids is 1. The third-order valence-electron chi connectivity index (χ3n) is 2.79. The van der Waals surface area contributed by atoms with Crippen LogP contribution in [0.4, 0.5) is 0 Å². The molecule has 0 aromatic heterocycles. The fourth-order valence-corrected chi connectivity index (χ4v) is 1.86. The van der Waals surface area contributed by atoms with Crippen LogP contribution in [0.5, 0.6) is 0 Å². The Hall–Kier alpha value is -1.40. The van der Waals surface area contributed by atoms with Gasteiger partial charge < -0.3 is 15.5 Å². The number of aliphatic hydroxyl groups is 1. The fraction of sp³-hybridized carbons (Fsp3) is 0.733. The highest BCUT2D eigenvalue weighted by molar-refractivity contribution is 5.76. The van der Waals surface area contributed by atoms with Crippen molar-refractivity contribution >= 4 is 11.9 Å². The van der Waals surface area contributed by atoms with Crippen molar-refractivity contribution in [3.05, 3.63) is 12.2 Å². The molecule has 1 amide bonds. The van der Waals surface area contributed by atoms with Gasteiger partial charge in [0.25, 0.3) is 0 Å². The Bertz CT molecular complexity index is 330. The van der Waals surface area contributed by atoms with Gasteiger partial charge in [-0.2, -0.15) is 0 Å². The van der Waals surface area contributed by atoms with E-state index in [4.69, 9.17) is 5.11 Å². The summed E-state index contributed by atoms with van der Waals surface area (Å²) in [6, 6.07) is 0. The molecule has 0 rings (SSSR count). The second-order valence-electron chi connectivity index (χ2n) is 5.13. The highest BCUT2D eigenvalue weighted by atomic mass is 16.4. The summed E-state index contributed by atoms with van der Waals surface area (Å²) in [7, 11) is 0. The Morgan fingerprint density at radius 3 is 2.52 bits per heavy atom. The maximum atomic E-state index is 11.6. The minimum Gasteiger partial charge on any atom is -0.480 e. The zero-order valence-corrected chi connectivity index (χ0v) is 13.0. The molecule has 0 radical (unpaired) electrons. The molecule has 21 heavy (non-hydrogen) atoms. The number of carboxylic acid groups (broad SMARTS) is 1. The molecule has 0 aromatic rings. The number of carboxylic acids is 1. The normalized spacial score (nSPS) is 12.8. The van der Waals surface area contributed by atoms with E-state index >= 15 is 0 Å². The molecule has 6 heteroatoms. The average molecular weight is 300 g/mol. The summed E-state index contributed by atoms with van der Waals surface area (Å²) < 4.78 is 0. The summed E-state index contributed by atoms with van der Waals surface area (Å²) in [6.45, 7) is 4.65. The standard InChI is InChI=1S/C15H28N2O4/c1-3-4-5-6-7-8-14(19)16-9-10-17(11-13(2)18)12-15(20)21/h5-6,13,18H,3-4,7-12H2,1-2H3,(H,16,19)(H,20,21)/b6-5+. The number of nitrogens with one attached hydrogen (secondary N) is 1. The highest BCUT2D eigenvalue weighted by Gasteiger charge is 2.12. The molecule has 0 fully saturated rings. The summed E-state index contributed by atoms with van der Waals surface area (Å²) in [5.41, 5.74) is 0. The molecule has 6 nitrogen and oxygen atoms in total. The van der Waals surface area contributed by atoms with Crippen molar-refractivity contribution in [1.29, 1.82) is 0 Å². The maximum Gasteiger partial charge on any atom is 0.317 e. The summed E-state index contributed by atoms with van der Waals surface area (Å²) in [5.74, 6) is -0.980. The summed E-state index contributed by atoms with van der Waals surface area (Å²) >= 11 is 0. The maximum absolute atomic E-state index is 11.6. The number of nitrogens with zero attached hydrogens (tertiary/aromatic N) is 1. The predicted molar refractivity (Wildman–Crippen MR) is 82.0 cm³/mol. The molecule has 0 aliphatic carbocycles. The first kappa shape index (κ1) is 19.6. The number of allylic oxidation sites excluding steroid dienone is 2. The number of carbonyl (C=O) groups is 2. The first-order valence-corrected chi connectivity index (χ1v) is 7.49. The van der Waals surface area contributed by atoms with Gasteiger partial charge in [-0.1, -0.05) is 25.5 Å². The van der Waals surface area contributed by atoms with E-state index in [1.807, 2.05) is 6.08 Å². The molecule has 0 bridgehead atoms. The van der Waals surface area contributed by atoms with Gasteiger partial charge >= 0.3 is 5.97 Å². The van der Waals surface area contributed by atoms with Crippen molar-refractivity contribution in [3.63, 3.8) is 0 Å². The molecule has 0 aliphatic rings. The SMILES string of the molecule is CCC/C=C/CCC(=O)NCCN(CC(=O)O)CC(C)O. The third kappa shape index (κ3) is 13.3. The Balaban J connectivity index is 3.85. The fourth-order valence-electron chi connectivity index (χ4n) is 1.86. The highest BCUT2D eigenvalue weighted by Crippen LogP contribution is 1.96. The number of unbranched alkanes of at least 4 members (excludes halogenated alkanes) is 1. The molecule has 1 atom stereocenters. The van der Waals surface area contributed by atoms with Crippen molar-refractivity contribution in [2.75, 3.05) is 26.2 Å². The van der Waals surface area contributed by atoms with Gasteiger partial charge in [0.15, 0.2) is 0 Å². The first-order valence-electron chi connectivity index (χ1n) is 7.49. The predicted octanol–water partition coefficient (Wildman–Crippen LogP) is 1.01. The second-order valence-corrected chi connectivity index (χ2v) is 5.13. The van der Waals surface area contributed by atoms with Crippen molar-refractivity contribution in [3.8, 4) is 0 Å². The number of hydrogen-bond donors (Lipinski definition) is 3. The lowest BCUT2D eigenvalue weighted by molar-refractivity contribution is -0.138. The van der Waals surface area contributed by atoms with E-state index in [0.29, 0.717) is 19.5 Å². The monoisotopic (exact) mass is 300 g/mol. The number of amides is 1. The van der Waals surface area contributed by atoms with Gasteiger partial charge in [0.2, 0.25) is 5.91 Å². The molecule has 3 N–H and O–H groups in total. The van der Waals surface area contributed by atoms with Crippen LogP contribution in [0, 0.1) is 0 Å². The van der Waals surface area contributed by atoms with Gasteiger partial charge in [-0.05, 0) is 19.8 Å². The Labute approximate surface area is 126 Å². The van der Waals surface area contributed by atoms with Gasteiger partial charge in [-0.3, -0.25) is 14.5 Å². The first-order chi connectivity index (χ1) is 9.95. The third-order valence-corrected chi connectivity index (χ3v) is 2.79. The van der Waals surface area contributed by atoms with Crippen molar-refractivity contribution in [2.24, 2.45) is 0 Å². The molecule has 0 heterocycles. The van der Waals surface area contributed by atoms with Crippen LogP contribution in [0.2, 0.25) is 0 Å². The average Bonchev–Trinajstić information content (AvgIpc) is 2.37. The lowest BCUT2D eigenvalue weighted by atomic mass is 10.2. The van der Waals surface area contributed by atoms with E-state index in [-0.39, 0.29) is 19.0 Å². The molecule has 0 aromatic carbocycles. The summed E-state index contributed by atoms with van der Waals surface area (Å²) in [6.07, 6.45) is 6.78. The molecule has 122 valence electrons. The number of rotatable bonds is 12. The summed E-state index contributed by atoms with van der Waals surface area (Å²) in [5, 5.41) is 20.8. The number of aliphatic hydroxyl groups excluding tert-OH is 1. The van der Waals surface area contributed by atoms with E-state index in [1.165, 1.54) is 0 Å². The van der Waals surface area contributed by atoms with E-state index in [2.05, 4.69) is 18.3 Å². The second kappa shape index (κ2) is 12.3. The van der Waals surface area contributed by atoms with Crippen LogP contribution in [0.15, 0.2) is 12.2 Å². The topological polar surface area (TPSA) is 89.9 Å². The molecule has 0 aliphatic heterocycles. The van der Waals surface area contributed by atoms with Crippen LogP contribution in [0.3, 0.4) is 0 Å². The van der Waals surface area contributed by atoms with Crippen LogP contribution < -0.4 is 5.32 Å². The number of hydrogen-bond acceptors (Lipinski definition) is 4. The zero-order valence-electron chi connectivity index (χ0n) is 13.0. The molecule has 0 spiro atoms. The minimum absolute atomic E-state index is 0.0385. The minimum atomic E-state index is -0.942. The van der Waals surface area contributed by atoms with Crippen LogP contribution in [-0.4, -0.2) is 59.3 Å². The van der Waals surface area contributed by atoms with Gasteiger partial charge in [0.05, 0.1) is 12.6 Å². The smallest absolute Gasteiger partial charge is 0.317 e. The van der Waals surface area contributed by atoms with Crippen LogP contribution in [0.25, 0.3) is 0 Å². The molecular formula is C15H28N2O4. The lowest BCUT2D eigenvalue weighted by Crippen LogP contribution is -2.40. The van der Waals surface area contributed by atoms with Gasteiger partial charge in [0.1, 0.15) is 0 Å². The van der Waals surface area contributed by atoms with Crippen molar-refractivity contribution in [2.45, 2.75) is 45.6 Å². The Kier molecular flexibility index (Phi) is 11.5. The van der Waals surface area contributed by atoms with Gasteiger partial charge in [0, 0.05) is 26.1 Å². The molecule has 0 saturated carbocycles. The molecular weight excluding hydrogens is 272 g/mol. The van der Waals surface area contributed by atoms with Crippen molar-refractivity contribution in [1.82, 2.24) is 10.2 Å². The van der Waals surface area contributed by atoms with E-state index in [1.54, 1.807) is 11.8 Å². The van der Waals surface area contributed by atoms with Crippen LogP contribution in [0.1, 0.15) is 39.5 Å². The van der Waals surface area contributed by atoms with E-state index < -0.39 is 12.1 Å². The lowest BCUT2D eigenvalue weighted by Gasteiger charge is -2.21. The Morgan fingerprint density at radius 1 is 1.29 bits per heavy atom.